The summed E-state index contributed by atoms with van der Waals surface area (Å²) in [6.45, 7) is 12.8. The lowest BCUT2D eigenvalue weighted by atomic mass is 9.95. The summed E-state index contributed by atoms with van der Waals surface area (Å²) in [5.74, 6) is 1.27. The summed E-state index contributed by atoms with van der Waals surface area (Å²) in [6.07, 6.45) is 0. The van der Waals surface area contributed by atoms with Crippen LogP contribution in [0.15, 0.2) is 0 Å². The predicted octanol–water partition coefficient (Wildman–Crippen LogP) is 1.61. The van der Waals surface area contributed by atoms with Crippen molar-refractivity contribution in [3.63, 3.8) is 0 Å². The fourth-order valence-corrected chi connectivity index (χ4v) is 1.03. The topological polar surface area (TPSA) is 38.0 Å². The van der Waals surface area contributed by atoms with E-state index in [-0.39, 0.29) is 5.54 Å². The second kappa shape index (κ2) is 4.83. The summed E-state index contributed by atoms with van der Waals surface area (Å²) in [5, 5.41) is 3.47. The Hall–Kier alpha value is -0.0800. The molecule has 2 nitrogen and oxygen atoms in total. The Balaban J connectivity index is 3.73. The number of nitrogens with two attached hydrogens (primary N) is 1. The highest BCUT2D eigenvalue weighted by Crippen LogP contribution is 2.09. The van der Waals surface area contributed by atoms with Crippen molar-refractivity contribution in [2.75, 3.05) is 13.1 Å². The zero-order chi connectivity index (χ0) is 9.78. The third kappa shape index (κ3) is 5.56. The van der Waals surface area contributed by atoms with Gasteiger partial charge >= 0.3 is 0 Å². The lowest BCUT2D eigenvalue weighted by Crippen LogP contribution is -2.42. The number of nitrogens with one attached hydrogen (secondary N) is 1. The molecular formula is C10H24N2. The Labute approximate surface area is 76.9 Å². The van der Waals surface area contributed by atoms with Gasteiger partial charge in [0, 0.05) is 5.54 Å². The molecule has 1 unspecified atom stereocenters. The summed E-state index contributed by atoms with van der Waals surface area (Å²) >= 11 is 0. The smallest absolute Gasteiger partial charge is 0.00966 e. The van der Waals surface area contributed by atoms with Gasteiger partial charge < -0.3 is 11.1 Å². The standard InChI is InChI=1S/C10H24N2/c1-8(2)9(6-11)7-12-10(3,4)5/h8-9,12H,6-7,11H2,1-5H3. The van der Waals surface area contributed by atoms with Gasteiger partial charge in [-0.1, -0.05) is 13.8 Å². The third-order valence-electron chi connectivity index (χ3n) is 2.14. The maximum absolute atomic E-state index is 5.66. The van der Waals surface area contributed by atoms with Gasteiger partial charge in [-0.2, -0.15) is 0 Å². The van der Waals surface area contributed by atoms with E-state index < -0.39 is 0 Å². The van der Waals surface area contributed by atoms with Crippen molar-refractivity contribution in [3.8, 4) is 0 Å². The molecule has 0 saturated carbocycles. The number of hydrogen-bond donors (Lipinski definition) is 2. The Morgan fingerprint density at radius 2 is 1.75 bits per heavy atom. The highest BCUT2D eigenvalue weighted by atomic mass is 14.9. The first kappa shape index (κ1) is 11.9. The van der Waals surface area contributed by atoms with Gasteiger partial charge in [-0.05, 0) is 45.7 Å². The van der Waals surface area contributed by atoms with Crippen molar-refractivity contribution in [1.82, 2.24) is 5.32 Å². The molecule has 0 bridgehead atoms. The van der Waals surface area contributed by atoms with Crippen molar-refractivity contribution in [3.05, 3.63) is 0 Å². The second-order valence-corrected chi connectivity index (χ2v) is 4.87. The monoisotopic (exact) mass is 172 g/mol. The van der Waals surface area contributed by atoms with Crippen molar-refractivity contribution in [2.24, 2.45) is 17.6 Å². The fourth-order valence-electron chi connectivity index (χ4n) is 1.03. The first-order valence-corrected chi connectivity index (χ1v) is 4.82. The maximum atomic E-state index is 5.66. The van der Waals surface area contributed by atoms with E-state index in [4.69, 9.17) is 5.73 Å². The van der Waals surface area contributed by atoms with Gasteiger partial charge in [0.05, 0.1) is 0 Å². The van der Waals surface area contributed by atoms with Crippen molar-refractivity contribution >= 4 is 0 Å². The van der Waals surface area contributed by atoms with Crippen LogP contribution in [0.3, 0.4) is 0 Å². The molecule has 0 rings (SSSR count). The van der Waals surface area contributed by atoms with Gasteiger partial charge in [0.25, 0.3) is 0 Å². The quantitative estimate of drug-likeness (QED) is 0.676. The van der Waals surface area contributed by atoms with E-state index in [1.54, 1.807) is 0 Å². The molecule has 1 atom stereocenters. The Bertz CT molecular complexity index is 113. The number of hydrogen-bond acceptors (Lipinski definition) is 2. The van der Waals surface area contributed by atoms with Crippen LogP contribution < -0.4 is 11.1 Å². The fraction of sp³-hybridized carbons (Fsp3) is 1.00. The van der Waals surface area contributed by atoms with E-state index in [0.29, 0.717) is 11.8 Å². The van der Waals surface area contributed by atoms with Gasteiger partial charge in [-0.25, -0.2) is 0 Å². The zero-order valence-corrected chi connectivity index (χ0v) is 9.15. The van der Waals surface area contributed by atoms with Crippen molar-refractivity contribution in [1.29, 1.82) is 0 Å². The minimum Gasteiger partial charge on any atom is -0.330 e. The van der Waals surface area contributed by atoms with Crippen LogP contribution in [0.2, 0.25) is 0 Å². The number of rotatable bonds is 4. The molecule has 0 radical (unpaired) electrons. The normalized spacial score (nSPS) is 15.2. The summed E-state index contributed by atoms with van der Waals surface area (Å²) in [6, 6.07) is 0. The van der Waals surface area contributed by atoms with Gasteiger partial charge in [0.2, 0.25) is 0 Å². The maximum Gasteiger partial charge on any atom is 0.00966 e. The SMILES string of the molecule is CC(C)C(CN)CNC(C)(C)C. The Morgan fingerprint density at radius 1 is 1.25 bits per heavy atom. The molecule has 0 aromatic heterocycles. The Kier molecular flexibility index (Phi) is 4.80. The van der Waals surface area contributed by atoms with E-state index in [1.165, 1.54) is 0 Å². The molecule has 0 saturated heterocycles. The van der Waals surface area contributed by atoms with E-state index in [0.717, 1.165) is 13.1 Å². The molecule has 0 amide bonds. The zero-order valence-electron chi connectivity index (χ0n) is 9.15. The molecule has 0 aromatic rings. The highest BCUT2D eigenvalue weighted by molar-refractivity contribution is 4.74. The van der Waals surface area contributed by atoms with Crippen LogP contribution in [0.1, 0.15) is 34.6 Å². The Morgan fingerprint density at radius 3 is 2.00 bits per heavy atom. The average molecular weight is 172 g/mol. The minimum atomic E-state index is 0.211. The van der Waals surface area contributed by atoms with Crippen LogP contribution in [0.4, 0.5) is 0 Å². The van der Waals surface area contributed by atoms with Gasteiger partial charge in [0.1, 0.15) is 0 Å². The van der Waals surface area contributed by atoms with Crippen LogP contribution in [0.5, 0.6) is 0 Å². The van der Waals surface area contributed by atoms with Crippen LogP contribution in [-0.2, 0) is 0 Å². The first-order chi connectivity index (χ1) is 5.37. The molecule has 74 valence electrons. The van der Waals surface area contributed by atoms with Crippen LogP contribution in [0.25, 0.3) is 0 Å². The second-order valence-electron chi connectivity index (χ2n) is 4.87. The van der Waals surface area contributed by atoms with E-state index in [1.807, 2.05) is 0 Å². The van der Waals surface area contributed by atoms with Gasteiger partial charge in [-0.3, -0.25) is 0 Å². The summed E-state index contributed by atoms with van der Waals surface area (Å²) in [7, 11) is 0. The summed E-state index contributed by atoms with van der Waals surface area (Å²) < 4.78 is 0. The highest BCUT2D eigenvalue weighted by Gasteiger charge is 2.15. The predicted molar refractivity (Wildman–Crippen MR) is 55.1 cm³/mol. The van der Waals surface area contributed by atoms with Crippen LogP contribution in [0, 0.1) is 11.8 Å². The van der Waals surface area contributed by atoms with Gasteiger partial charge in [0.15, 0.2) is 0 Å². The first-order valence-electron chi connectivity index (χ1n) is 4.82. The molecule has 0 aliphatic rings. The van der Waals surface area contributed by atoms with E-state index in [2.05, 4.69) is 39.9 Å². The van der Waals surface area contributed by atoms with Gasteiger partial charge in [-0.15, -0.1) is 0 Å². The van der Waals surface area contributed by atoms with Crippen LogP contribution in [-0.4, -0.2) is 18.6 Å². The molecule has 12 heavy (non-hydrogen) atoms. The molecule has 0 aromatic carbocycles. The molecule has 3 N–H and O–H groups in total. The van der Waals surface area contributed by atoms with Crippen molar-refractivity contribution in [2.45, 2.75) is 40.2 Å². The van der Waals surface area contributed by atoms with Crippen molar-refractivity contribution < 1.29 is 0 Å². The molecule has 0 aliphatic heterocycles. The molecular weight excluding hydrogens is 148 g/mol. The largest absolute Gasteiger partial charge is 0.330 e. The summed E-state index contributed by atoms with van der Waals surface area (Å²) in [5.41, 5.74) is 5.87. The van der Waals surface area contributed by atoms with E-state index >= 15 is 0 Å². The molecule has 0 spiro atoms. The molecule has 2 heteroatoms. The van der Waals surface area contributed by atoms with Crippen LogP contribution >= 0.6 is 0 Å². The lowest BCUT2D eigenvalue weighted by Gasteiger charge is -2.26. The minimum absolute atomic E-state index is 0.211. The van der Waals surface area contributed by atoms with E-state index in [9.17, 15) is 0 Å². The third-order valence-corrected chi connectivity index (χ3v) is 2.14. The average Bonchev–Trinajstić information content (AvgIpc) is 1.85. The lowest BCUT2D eigenvalue weighted by molar-refractivity contribution is 0.320. The molecule has 0 aliphatic carbocycles. The summed E-state index contributed by atoms with van der Waals surface area (Å²) in [4.78, 5) is 0. The molecule has 0 fully saturated rings. The molecule has 0 heterocycles.